The summed E-state index contributed by atoms with van der Waals surface area (Å²) in [5.41, 5.74) is 1.44. The Balaban J connectivity index is 2.12. The molecule has 6 heteroatoms. The quantitative estimate of drug-likeness (QED) is 0.331. The molecule has 0 spiro atoms. The maximum Gasteiger partial charge on any atom is 0.228 e. The number of benzene rings is 2. The van der Waals surface area contributed by atoms with Crippen LogP contribution in [0.25, 0.3) is 6.08 Å². The predicted octanol–water partition coefficient (Wildman–Crippen LogP) is 1.96. The Kier molecular flexibility index (Phi) is 9.20. The van der Waals surface area contributed by atoms with Crippen LogP contribution in [0.2, 0.25) is 0 Å². The molecule has 0 aromatic heterocycles. The lowest BCUT2D eigenvalue weighted by Crippen LogP contribution is -2.48. The maximum absolute atomic E-state index is 12.8. The van der Waals surface area contributed by atoms with Crippen LogP contribution in [0.5, 0.6) is 0 Å². The first-order chi connectivity index (χ1) is 14.3. The summed E-state index contributed by atoms with van der Waals surface area (Å²) < 4.78 is 5.57. The molecule has 0 aliphatic heterocycles. The van der Waals surface area contributed by atoms with Crippen LogP contribution in [0.1, 0.15) is 25.0 Å². The fourth-order valence-electron chi connectivity index (χ4n) is 2.83. The summed E-state index contributed by atoms with van der Waals surface area (Å²) in [7, 11) is 0. The number of ketones is 1. The van der Waals surface area contributed by atoms with Crippen molar-refractivity contribution in [1.82, 2.24) is 0 Å². The average molecular weight is 414 g/mol. The first kappa shape index (κ1) is 23.8. The molecule has 2 aromatic carbocycles. The highest BCUT2D eigenvalue weighted by atomic mass is 16.5. The molecule has 0 saturated heterocycles. The van der Waals surface area contributed by atoms with Gasteiger partial charge >= 0.3 is 0 Å². The second-order valence-corrected chi connectivity index (χ2v) is 7.67. The van der Waals surface area contributed by atoms with E-state index < -0.39 is 30.2 Å². The number of carbonyl (C=O) groups is 1. The van der Waals surface area contributed by atoms with Gasteiger partial charge in [0.2, 0.25) is 5.78 Å². The SMILES string of the molecule is CC(C)COC(=Cc1ccccc1)C(=O)[C@@H](O)[C@H](O)[C@H](O)C(O)Cc1ccccc1. The number of aliphatic hydroxyl groups is 4. The van der Waals surface area contributed by atoms with Gasteiger partial charge in [-0.25, -0.2) is 0 Å². The van der Waals surface area contributed by atoms with Crippen LogP contribution >= 0.6 is 0 Å². The first-order valence-corrected chi connectivity index (χ1v) is 9.99. The Hall–Kier alpha value is -2.51. The van der Waals surface area contributed by atoms with Crippen LogP contribution in [-0.4, -0.2) is 57.2 Å². The molecule has 0 bridgehead atoms. The summed E-state index contributed by atoms with van der Waals surface area (Å²) in [5.74, 6) is -0.846. The molecule has 0 aliphatic rings. The van der Waals surface area contributed by atoms with E-state index in [0.29, 0.717) is 5.56 Å². The summed E-state index contributed by atoms with van der Waals surface area (Å²) >= 11 is 0. The van der Waals surface area contributed by atoms with E-state index in [-0.39, 0.29) is 24.7 Å². The molecular formula is C24H30O6. The van der Waals surface area contributed by atoms with Crippen LogP contribution in [0.3, 0.4) is 0 Å². The third-order valence-electron chi connectivity index (χ3n) is 4.54. The van der Waals surface area contributed by atoms with Gasteiger partial charge in [0.15, 0.2) is 5.76 Å². The lowest BCUT2D eigenvalue weighted by molar-refractivity contribution is -0.144. The van der Waals surface area contributed by atoms with Gasteiger partial charge in [0.1, 0.15) is 18.3 Å². The molecule has 0 radical (unpaired) electrons. The summed E-state index contributed by atoms with van der Waals surface area (Å²) in [5, 5.41) is 41.3. The first-order valence-electron chi connectivity index (χ1n) is 9.99. The maximum atomic E-state index is 12.8. The molecule has 162 valence electrons. The fraction of sp³-hybridized carbons (Fsp3) is 0.375. The fourth-order valence-corrected chi connectivity index (χ4v) is 2.83. The zero-order chi connectivity index (χ0) is 22.1. The van der Waals surface area contributed by atoms with E-state index in [9.17, 15) is 25.2 Å². The minimum atomic E-state index is -1.95. The topological polar surface area (TPSA) is 107 Å². The second kappa shape index (κ2) is 11.6. The van der Waals surface area contributed by atoms with Gasteiger partial charge in [0, 0.05) is 6.42 Å². The molecule has 4 atom stereocenters. The van der Waals surface area contributed by atoms with Crippen molar-refractivity contribution in [2.45, 2.75) is 44.7 Å². The van der Waals surface area contributed by atoms with Crippen LogP contribution < -0.4 is 0 Å². The molecule has 6 nitrogen and oxygen atoms in total. The standard InChI is InChI=1S/C24H30O6/c1-16(2)15-30-20(14-18-11-7-4-8-12-18)22(27)24(29)23(28)21(26)19(25)13-17-9-5-3-6-10-17/h3-12,14,16,19,21,23-26,28-29H,13,15H2,1-2H3/t19?,21-,23-,24-/m1/s1. The average Bonchev–Trinajstić information content (AvgIpc) is 2.75. The van der Waals surface area contributed by atoms with Crippen molar-refractivity contribution >= 4 is 11.9 Å². The Morgan fingerprint density at radius 1 is 0.900 bits per heavy atom. The van der Waals surface area contributed by atoms with Crippen molar-refractivity contribution in [3.8, 4) is 0 Å². The summed E-state index contributed by atoms with van der Waals surface area (Å²) in [6.07, 6.45) is -5.36. The van der Waals surface area contributed by atoms with E-state index in [4.69, 9.17) is 4.74 Å². The van der Waals surface area contributed by atoms with Crippen LogP contribution in [0, 0.1) is 5.92 Å². The minimum Gasteiger partial charge on any atom is -0.489 e. The molecule has 0 saturated carbocycles. The molecule has 30 heavy (non-hydrogen) atoms. The third kappa shape index (κ3) is 7.07. The number of hydrogen-bond donors (Lipinski definition) is 4. The highest BCUT2D eigenvalue weighted by molar-refractivity contribution is 6.01. The Bertz CT molecular complexity index is 803. The highest BCUT2D eigenvalue weighted by Gasteiger charge is 2.36. The van der Waals surface area contributed by atoms with Crippen molar-refractivity contribution in [1.29, 1.82) is 0 Å². The van der Waals surface area contributed by atoms with E-state index in [1.54, 1.807) is 48.5 Å². The van der Waals surface area contributed by atoms with E-state index in [1.807, 2.05) is 26.0 Å². The summed E-state index contributed by atoms with van der Waals surface area (Å²) in [4.78, 5) is 12.8. The molecule has 2 aromatic rings. The Labute approximate surface area is 177 Å². The van der Waals surface area contributed by atoms with E-state index in [2.05, 4.69) is 0 Å². The number of hydrogen-bond acceptors (Lipinski definition) is 6. The Morgan fingerprint density at radius 3 is 2.03 bits per heavy atom. The van der Waals surface area contributed by atoms with Crippen LogP contribution in [0.15, 0.2) is 66.4 Å². The van der Waals surface area contributed by atoms with Gasteiger partial charge in [-0.1, -0.05) is 74.5 Å². The lowest BCUT2D eigenvalue weighted by atomic mass is 9.95. The number of ether oxygens (including phenoxy) is 1. The monoisotopic (exact) mass is 414 g/mol. The third-order valence-corrected chi connectivity index (χ3v) is 4.54. The largest absolute Gasteiger partial charge is 0.489 e. The molecule has 0 aliphatic carbocycles. The van der Waals surface area contributed by atoms with Gasteiger partial charge in [-0.05, 0) is 23.1 Å². The van der Waals surface area contributed by atoms with Crippen molar-refractivity contribution in [3.05, 3.63) is 77.5 Å². The minimum absolute atomic E-state index is 0.0660. The van der Waals surface area contributed by atoms with Crippen molar-refractivity contribution < 1.29 is 30.0 Å². The summed E-state index contributed by atoms with van der Waals surface area (Å²) in [6.45, 7) is 4.07. The van der Waals surface area contributed by atoms with Gasteiger partial charge in [-0.3, -0.25) is 4.79 Å². The lowest BCUT2D eigenvalue weighted by Gasteiger charge is -2.26. The van der Waals surface area contributed by atoms with Crippen molar-refractivity contribution in [2.24, 2.45) is 5.92 Å². The second-order valence-electron chi connectivity index (χ2n) is 7.67. The van der Waals surface area contributed by atoms with Crippen molar-refractivity contribution in [3.63, 3.8) is 0 Å². The molecule has 4 N–H and O–H groups in total. The molecular weight excluding hydrogens is 384 g/mol. The van der Waals surface area contributed by atoms with Gasteiger partial charge in [0.05, 0.1) is 12.7 Å². The predicted molar refractivity (Wildman–Crippen MR) is 114 cm³/mol. The number of carbonyl (C=O) groups excluding carboxylic acids is 1. The van der Waals surface area contributed by atoms with E-state index >= 15 is 0 Å². The Morgan fingerprint density at radius 2 is 1.47 bits per heavy atom. The normalized spacial score (nSPS) is 16.0. The molecule has 0 heterocycles. The number of Topliss-reactive ketones (excluding diaryl/α,β-unsaturated/α-hetero) is 1. The number of aliphatic hydroxyl groups excluding tert-OH is 4. The van der Waals surface area contributed by atoms with E-state index in [0.717, 1.165) is 5.56 Å². The highest BCUT2D eigenvalue weighted by Crippen LogP contribution is 2.17. The van der Waals surface area contributed by atoms with Gasteiger partial charge < -0.3 is 25.2 Å². The zero-order valence-corrected chi connectivity index (χ0v) is 17.3. The molecule has 0 fully saturated rings. The smallest absolute Gasteiger partial charge is 0.228 e. The van der Waals surface area contributed by atoms with Crippen molar-refractivity contribution in [2.75, 3.05) is 6.61 Å². The van der Waals surface area contributed by atoms with Crippen LogP contribution in [-0.2, 0) is 16.0 Å². The molecule has 2 rings (SSSR count). The van der Waals surface area contributed by atoms with Gasteiger partial charge in [0.25, 0.3) is 0 Å². The summed E-state index contributed by atoms with van der Waals surface area (Å²) in [6, 6.07) is 17.9. The van der Waals surface area contributed by atoms with Gasteiger partial charge in [-0.15, -0.1) is 0 Å². The number of rotatable bonds is 11. The van der Waals surface area contributed by atoms with Gasteiger partial charge in [-0.2, -0.15) is 0 Å². The van der Waals surface area contributed by atoms with E-state index in [1.165, 1.54) is 6.08 Å². The molecule has 0 amide bonds. The zero-order valence-electron chi connectivity index (χ0n) is 17.3. The molecule has 1 unspecified atom stereocenters. The van der Waals surface area contributed by atoms with Crippen LogP contribution in [0.4, 0.5) is 0 Å².